The third-order valence-corrected chi connectivity index (χ3v) is 8.31. The first-order valence-electron chi connectivity index (χ1n) is 13.5. The third-order valence-electron chi connectivity index (χ3n) is 8.31. The minimum atomic E-state index is -0.988. The number of rotatable bonds is 4. The molecule has 2 fully saturated rings. The van der Waals surface area contributed by atoms with Crippen LogP contribution in [-0.4, -0.2) is 41.2 Å². The molecule has 2 aliphatic rings. The van der Waals surface area contributed by atoms with E-state index in [4.69, 9.17) is 4.98 Å². The van der Waals surface area contributed by atoms with E-state index in [1.807, 2.05) is 39.1 Å². The molecule has 1 amide bonds. The van der Waals surface area contributed by atoms with Gasteiger partial charge < -0.3 is 14.6 Å². The lowest BCUT2D eigenvalue weighted by Gasteiger charge is -2.38. The second-order valence-corrected chi connectivity index (χ2v) is 11.2. The lowest BCUT2D eigenvalue weighted by Crippen LogP contribution is -2.40. The highest BCUT2D eigenvalue weighted by Gasteiger charge is 2.38. The summed E-state index contributed by atoms with van der Waals surface area (Å²) in [6.45, 7) is 3.79. The van der Waals surface area contributed by atoms with Crippen LogP contribution in [0, 0.1) is 18.6 Å². The zero-order valence-electron chi connectivity index (χ0n) is 22.4. The van der Waals surface area contributed by atoms with E-state index in [1.54, 1.807) is 9.58 Å². The minimum Gasteiger partial charge on any atom is -0.390 e. The van der Waals surface area contributed by atoms with Gasteiger partial charge in [-0.15, -0.1) is 5.10 Å². The van der Waals surface area contributed by atoms with Crippen molar-refractivity contribution in [3.8, 4) is 11.3 Å². The number of amides is 1. The van der Waals surface area contributed by atoms with Crippen molar-refractivity contribution >= 4 is 22.6 Å². The minimum absolute atomic E-state index is 0.0833. The number of aryl methyl sites for hydroxylation is 2. The summed E-state index contributed by atoms with van der Waals surface area (Å²) in [6, 6.07) is 9.36. The van der Waals surface area contributed by atoms with Gasteiger partial charge in [0.25, 0.3) is 0 Å². The van der Waals surface area contributed by atoms with Gasteiger partial charge in [0.15, 0.2) is 11.6 Å². The van der Waals surface area contributed by atoms with Crippen molar-refractivity contribution in [2.24, 2.45) is 7.05 Å². The van der Waals surface area contributed by atoms with Gasteiger partial charge >= 0.3 is 0 Å². The number of aromatic nitrogens is 5. The maximum absolute atomic E-state index is 14.3. The standard InChI is InChI=1S/C29H32F2N6O2/c1-17-27(35(3)34-33-17)18-7-10-24-23(15-18)32-28(37(24)19-11-13-29(2,39)14-12-19)25-5-4-6-26(38)36(25)20-8-9-21(30)22(31)16-20/h7-10,15-16,19,25,39H,4-6,11-14H2,1-3H3/t19-,25-,29+/m0/s1. The number of hydrogen-bond donors (Lipinski definition) is 1. The van der Waals surface area contributed by atoms with E-state index in [0.29, 0.717) is 37.8 Å². The Kier molecular flexibility index (Phi) is 6.25. The number of aliphatic hydroxyl groups is 1. The van der Waals surface area contributed by atoms with Gasteiger partial charge in [-0.3, -0.25) is 4.79 Å². The fourth-order valence-corrected chi connectivity index (χ4v) is 6.30. The molecule has 204 valence electrons. The first kappa shape index (κ1) is 25.6. The third kappa shape index (κ3) is 4.50. The molecule has 2 aromatic carbocycles. The SMILES string of the molecule is Cc1nnn(C)c1-c1ccc2c(c1)nc([C@@H]1CCCC(=O)N1c1ccc(F)c(F)c1)n2[C@H]1CC[C@@](C)(O)CC1. The second kappa shape index (κ2) is 9.51. The summed E-state index contributed by atoms with van der Waals surface area (Å²) >= 11 is 0. The fourth-order valence-electron chi connectivity index (χ4n) is 6.30. The van der Waals surface area contributed by atoms with Crippen molar-refractivity contribution in [1.82, 2.24) is 24.5 Å². The summed E-state index contributed by atoms with van der Waals surface area (Å²) in [4.78, 5) is 20.0. The second-order valence-electron chi connectivity index (χ2n) is 11.2. The number of halogens is 2. The first-order chi connectivity index (χ1) is 18.6. The van der Waals surface area contributed by atoms with Gasteiger partial charge in [0.1, 0.15) is 5.82 Å². The van der Waals surface area contributed by atoms with E-state index in [9.17, 15) is 18.7 Å². The molecule has 0 unspecified atom stereocenters. The Balaban J connectivity index is 1.51. The zero-order valence-corrected chi connectivity index (χ0v) is 22.4. The Morgan fingerprint density at radius 3 is 2.51 bits per heavy atom. The van der Waals surface area contributed by atoms with Crippen molar-refractivity contribution in [3.63, 3.8) is 0 Å². The van der Waals surface area contributed by atoms with Crippen LogP contribution in [-0.2, 0) is 11.8 Å². The highest BCUT2D eigenvalue weighted by molar-refractivity contribution is 5.95. The number of piperidine rings is 1. The average molecular weight is 535 g/mol. The zero-order chi connectivity index (χ0) is 27.5. The molecule has 3 heterocycles. The van der Waals surface area contributed by atoms with Crippen molar-refractivity contribution in [3.05, 3.63) is 59.6 Å². The number of hydrogen-bond acceptors (Lipinski definition) is 5. The number of anilines is 1. The average Bonchev–Trinajstić information content (AvgIpc) is 3.44. The quantitative estimate of drug-likeness (QED) is 0.371. The number of benzene rings is 2. The maximum Gasteiger partial charge on any atom is 0.227 e. The molecule has 39 heavy (non-hydrogen) atoms. The van der Waals surface area contributed by atoms with Gasteiger partial charge in [0, 0.05) is 36.8 Å². The Morgan fingerprint density at radius 2 is 1.82 bits per heavy atom. The van der Waals surface area contributed by atoms with Crippen LogP contribution in [0.3, 0.4) is 0 Å². The van der Waals surface area contributed by atoms with Crippen molar-refractivity contribution in [2.75, 3.05) is 4.90 Å². The molecular formula is C29H32F2N6O2. The summed E-state index contributed by atoms with van der Waals surface area (Å²) in [5.74, 6) is -1.35. The molecule has 1 N–H and O–H groups in total. The fraction of sp³-hybridized carbons (Fsp3) is 0.448. The maximum atomic E-state index is 14.3. The van der Waals surface area contributed by atoms with Crippen LogP contribution in [0.15, 0.2) is 36.4 Å². The number of nitrogens with zero attached hydrogens (tertiary/aromatic N) is 6. The van der Waals surface area contributed by atoms with E-state index >= 15 is 0 Å². The van der Waals surface area contributed by atoms with Gasteiger partial charge in [0.05, 0.1) is 34.1 Å². The molecule has 6 rings (SSSR count). The predicted molar refractivity (Wildman–Crippen MR) is 143 cm³/mol. The Morgan fingerprint density at radius 1 is 1.05 bits per heavy atom. The molecule has 0 spiro atoms. The molecule has 8 nitrogen and oxygen atoms in total. The molecule has 1 aliphatic heterocycles. The molecule has 1 saturated carbocycles. The van der Waals surface area contributed by atoms with Crippen LogP contribution in [0.2, 0.25) is 0 Å². The van der Waals surface area contributed by atoms with Crippen LogP contribution in [0.5, 0.6) is 0 Å². The molecule has 2 aromatic heterocycles. The van der Waals surface area contributed by atoms with Crippen LogP contribution in [0.4, 0.5) is 14.5 Å². The molecule has 0 radical (unpaired) electrons. The van der Waals surface area contributed by atoms with Gasteiger partial charge in [-0.1, -0.05) is 11.3 Å². The molecular weight excluding hydrogens is 502 g/mol. The van der Waals surface area contributed by atoms with Crippen LogP contribution in [0.1, 0.15) is 75.5 Å². The highest BCUT2D eigenvalue weighted by atomic mass is 19.2. The lowest BCUT2D eigenvalue weighted by atomic mass is 9.83. The molecule has 4 aromatic rings. The summed E-state index contributed by atoms with van der Waals surface area (Å²) in [5.41, 5.74) is 3.99. The van der Waals surface area contributed by atoms with Gasteiger partial charge in [-0.05, 0) is 76.6 Å². The van der Waals surface area contributed by atoms with Crippen LogP contribution in [0.25, 0.3) is 22.3 Å². The van der Waals surface area contributed by atoms with Crippen molar-refractivity contribution in [2.45, 2.75) is 76.5 Å². The summed E-state index contributed by atoms with van der Waals surface area (Å²) in [5, 5.41) is 19.0. The van der Waals surface area contributed by atoms with E-state index in [2.05, 4.69) is 14.9 Å². The van der Waals surface area contributed by atoms with Crippen molar-refractivity contribution in [1.29, 1.82) is 0 Å². The smallest absolute Gasteiger partial charge is 0.227 e. The van der Waals surface area contributed by atoms with Gasteiger partial charge in [-0.25, -0.2) is 18.4 Å². The van der Waals surface area contributed by atoms with E-state index in [-0.39, 0.29) is 11.9 Å². The largest absolute Gasteiger partial charge is 0.390 e. The lowest BCUT2D eigenvalue weighted by molar-refractivity contribution is -0.120. The topological polar surface area (TPSA) is 89.1 Å². The molecule has 1 saturated heterocycles. The predicted octanol–water partition coefficient (Wildman–Crippen LogP) is 5.54. The molecule has 1 aliphatic carbocycles. The monoisotopic (exact) mass is 534 g/mol. The Hall–Kier alpha value is -3.66. The van der Waals surface area contributed by atoms with Gasteiger partial charge in [0.2, 0.25) is 5.91 Å². The Bertz CT molecular complexity index is 1550. The van der Waals surface area contributed by atoms with Crippen LogP contribution >= 0.6 is 0 Å². The van der Waals surface area contributed by atoms with Crippen molar-refractivity contribution < 1.29 is 18.7 Å². The summed E-state index contributed by atoms with van der Waals surface area (Å²) in [6.07, 6.45) is 4.51. The summed E-state index contributed by atoms with van der Waals surface area (Å²) < 4.78 is 32.0. The van der Waals surface area contributed by atoms with E-state index in [0.717, 1.165) is 58.8 Å². The Labute approximate surface area is 225 Å². The van der Waals surface area contributed by atoms with E-state index < -0.39 is 23.3 Å². The van der Waals surface area contributed by atoms with Gasteiger partial charge in [-0.2, -0.15) is 0 Å². The number of carbonyl (C=O) groups excluding carboxylic acids is 1. The molecule has 0 bridgehead atoms. The van der Waals surface area contributed by atoms with E-state index in [1.165, 1.54) is 6.07 Å². The molecule has 1 atom stereocenters. The summed E-state index contributed by atoms with van der Waals surface area (Å²) in [7, 11) is 1.85. The number of carbonyl (C=O) groups is 1. The molecule has 10 heteroatoms. The number of imidazole rings is 1. The first-order valence-corrected chi connectivity index (χ1v) is 13.5. The highest BCUT2D eigenvalue weighted by Crippen LogP contribution is 2.43. The normalized spacial score (nSPS) is 24.1. The number of fused-ring (bicyclic) bond motifs is 1. The van der Waals surface area contributed by atoms with Crippen LogP contribution < -0.4 is 4.90 Å².